The Kier molecular flexibility index (Phi) is 4.60. The Bertz CT molecular complexity index is 1070. The third-order valence-corrected chi connectivity index (χ3v) is 6.95. The van der Waals surface area contributed by atoms with E-state index in [9.17, 15) is 5.11 Å². The quantitative estimate of drug-likeness (QED) is 0.677. The van der Waals surface area contributed by atoms with Crippen LogP contribution < -0.4 is 10.2 Å². The maximum Gasteiger partial charge on any atom is 0.147 e. The van der Waals surface area contributed by atoms with E-state index >= 15 is 0 Å². The Labute approximate surface area is 174 Å². The first kappa shape index (κ1) is 19.0. The van der Waals surface area contributed by atoms with Crippen LogP contribution in [0, 0.1) is 0 Å². The van der Waals surface area contributed by atoms with Gasteiger partial charge in [0.05, 0.1) is 29.0 Å². The molecule has 0 amide bonds. The van der Waals surface area contributed by atoms with Crippen molar-refractivity contribution in [2.45, 2.75) is 58.3 Å². The fourth-order valence-corrected chi connectivity index (χ4v) is 5.47. The fourth-order valence-electron chi connectivity index (χ4n) is 4.36. The van der Waals surface area contributed by atoms with Gasteiger partial charge in [0.2, 0.25) is 0 Å². The number of aromatic nitrogens is 3. The highest BCUT2D eigenvalue weighted by molar-refractivity contribution is 7.26. The lowest BCUT2D eigenvalue weighted by Gasteiger charge is -2.34. The highest BCUT2D eigenvalue weighted by Gasteiger charge is 2.33. The van der Waals surface area contributed by atoms with Crippen LogP contribution in [-0.2, 0) is 17.8 Å². The predicted molar refractivity (Wildman–Crippen MR) is 117 cm³/mol. The number of anilines is 2. The Morgan fingerprint density at radius 2 is 2.07 bits per heavy atom. The SMILES string of the molecule is C[C@@H](CO)Nc1ncnc2c1sc1nc(N3CCCC3)c3c(c12)CC(C)(C)OC3. The van der Waals surface area contributed by atoms with Crippen LogP contribution in [0.25, 0.3) is 20.4 Å². The molecule has 0 radical (unpaired) electrons. The smallest absolute Gasteiger partial charge is 0.147 e. The molecule has 1 atom stereocenters. The predicted octanol–water partition coefficient (Wildman–Crippen LogP) is 3.48. The molecule has 2 aliphatic heterocycles. The second-order valence-electron chi connectivity index (χ2n) is 8.72. The first-order valence-corrected chi connectivity index (χ1v) is 11.1. The molecule has 1 saturated heterocycles. The summed E-state index contributed by atoms with van der Waals surface area (Å²) in [6.45, 7) is 8.99. The molecule has 2 N–H and O–H groups in total. The normalized spacial score (nSPS) is 19.7. The van der Waals surface area contributed by atoms with E-state index in [2.05, 4.69) is 34.0 Å². The van der Waals surface area contributed by atoms with Crippen molar-refractivity contribution in [1.29, 1.82) is 0 Å². The van der Waals surface area contributed by atoms with Gasteiger partial charge in [0.15, 0.2) is 0 Å². The number of nitrogens with zero attached hydrogens (tertiary/aromatic N) is 4. The molecule has 0 unspecified atom stereocenters. The van der Waals surface area contributed by atoms with Gasteiger partial charge in [-0.25, -0.2) is 15.0 Å². The lowest BCUT2D eigenvalue weighted by Crippen LogP contribution is -2.33. The molecule has 154 valence electrons. The van der Waals surface area contributed by atoms with Gasteiger partial charge in [-0.3, -0.25) is 0 Å². The van der Waals surface area contributed by atoms with Crippen LogP contribution in [0.5, 0.6) is 0 Å². The molecule has 2 aliphatic rings. The summed E-state index contributed by atoms with van der Waals surface area (Å²) in [6, 6.07) is -0.0762. The number of ether oxygens (including phenoxy) is 1. The molecule has 0 spiro atoms. The highest BCUT2D eigenvalue weighted by atomic mass is 32.1. The first-order chi connectivity index (χ1) is 14.0. The largest absolute Gasteiger partial charge is 0.394 e. The Morgan fingerprint density at radius 3 is 2.83 bits per heavy atom. The number of aliphatic hydroxyl groups is 1. The topological polar surface area (TPSA) is 83.4 Å². The van der Waals surface area contributed by atoms with E-state index in [1.54, 1.807) is 17.7 Å². The van der Waals surface area contributed by atoms with Crippen LogP contribution in [0.4, 0.5) is 11.6 Å². The first-order valence-electron chi connectivity index (χ1n) is 10.3. The number of aliphatic hydroxyl groups excluding tert-OH is 1. The zero-order valence-electron chi connectivity index (χ0n) is 17.2. The summed E-state index contributed by atoms with van der Waals surface area (Å²) in [5.41, 5.74) is 3.27. The lowest BCUT2D eigenvalue weighted by molar-refractivity contribution is -0.0395. The Balaban J connectivity index is 1.76. The van der Waals surface area contributed by atoms with Crippen molar-refractivity contribution in [2.24, 2.45) is 0 Å². The van der Waals surface area contributed by atoms with Crippen molar-refractivity contribution >= 4 is 43.4 Å². The van der Waals surface area contributed by atoms with E-state index in [4.69, 9.17) is 9.72 Å². The van der Waals surface area contributed by atoms with E-state index in [0.29, 0.717) is 6.61 Å². The summed E-state index contributed by atoms with van der Waals surface area (Å²) in [4.78, 5) is 17.6. The van der Waals surface area contributed by atoms with E-state index in [-0.39, 0.29) is 18.2 Å². The Morgan fingerprint density at radius 1 is 1.28 bits per heavy atom. The molecule has 0 aliphatic carbocycles. The molecule has 5 rings (SSSR count). The average molecular weight is 414 g/mol. The van der Waals surface area contributed by atoms with Crippen molar-refractivity contribution < 1.29 is 9.84 Å². The molecule has 5 heterocycles. The van der Waals surface area contributed by atoms with Crippen molar-refractivity contribution in [3.8, 4) is 0 Å². The summed E-state index contributed by atoms with van der Waals surface area (Å²) in [6.07, 6.45) is 4.87. The molecule has 29 heavy (non-hydrogen) atoms. The minimum Gasteiger partial charge on any atom is -0.394 e. The molecular weight excluding hydrogens is 386 g/mol. The second-order valence-corrected chi connectivity index (χ2v) is 9.72. The number of nitrogens with one attached hydrogen (secondary N) is 1. The molecule has 3 aromatic rings. The highest BCUT2D eigenvalue weighted by Crippen LogP contribution is 2.44. The van der Waals surface area contributed by atoms with Crippen molar-refractivity contribution in [3.05, 3.63) is 17.5 Å². The number of hydrogen-bond donors (Lipinski definition) is 2. The molecule has 0 bridgehead atoms. The molecule has 1 fully saturated rings. The molecule has 0 saturated carbocycles. The van der Waals surface area contributed by atoms with Crippen LogP contribution in [0.3, 0.4) is 0 Å². The summed E-state index contributed by atoms with van der Waals surface area (Å²) in [7, 11) is 0. The Hall–Kier alpha value is -2.03. The van der Waals surface area contributed by atoms with E-state index in [1.165, 1.54) is 24.0 Å². The van der Waals surface area contributed by atoms with Gasteiger partial charge in [-0.1, -0.05) is 0 Å². The number of thiophene rings is 1. The molecule has 7 nitrogen and oxygen atoms in total. The van der Waals surface area contributed by atoms with Crippen LogP contribution in [0.15, 0.2) is 6.33 Å². The van der Waals surface area contributed by atoms with Gasteiger partial charge in [-0.05, 0) is 39.2 Å². The summed E-state index contributed by atoms with van der Waals surface area (Å²) >= 11 is 1.64. The molecule has 3 aromatic heterocycles. The van der Waals surface area contributed by atoms with Gasteiger partial charge in [-0.2, -0.15) is 0 Å². The van der Waals surface area contributed by atoms with Gasteiger partial charge in [0.1, 0.15) is 22.8 Å². The van der Waals surface area contributed by atoms with Crippen LogP contribution >= 0.6 is 11.3 Å². The third-order valence-electron chi connectivity index (χ3n) is 5.87. The van der Waals surface area contributed by atoms with Crippen molar-refractivity contribution in [3.63, 3.8) is 0 Å². The maximum absolute atomic E-state index is 9.45. The van der Waals surface area contributed by atoms with E-state index < -0.39 is 0 Å². The van der Waals surface area contributed by atoms with E-state index in [0.717, 1.165) is 51.6 Å². The zero-order chi connectivity index (χ0) is 20.2. The monoisotopic (exact) mass is 413 g/mol. The summed E-state index contributed by atoms with van der Waals surface area (Å²) < 4.78 is 7.18. The standard InChI is InChI=1S/C21H27N5O2S/c1-12(9-27)24-18-17-16(22-11-23-18)15-13-8-21(2,3)28-10-14(13)19(25-20(15)29-17)26-6-4-5-7-26/h11-12,27H,4-10H2,1-3H3,(H,22,23,24)/t12-/m0/s1. The third kappa shape index (κ3) is 3.23. The van der Waals surface area contributed by atoms with Gasteiger partial charge in [0.25, 0.3) is 0 Å². The average Bonchev–Trinajstić information content (AvgIpc) is 3.34. The van der Waals surface area contributed by atoms with Gasteiger partial charge < -0.3 is 20.1 Å². The molecule has 8 heteroatoms. The van der Waals surface area contributed by atoms with Crippen LogP contribution in [0.2, 0.25) is 0 Å². The summed E-state index contributed by atoms with van der Waals surface area (Å²) in [5.74, 6) is 1.85. The van der Waals surface area contributed by atoms with Crippen molar-refractivity contribution in [2.75, 3.05) is 29.9 Å². The molecule has 0 aromatic carbocycles. The van der Waals surface area contributed by atoms with Gasteiger partial charge >= 0.3 is 0 Å². The number of hydrogen-bond acceptors (Lipinski definition) is 8. The minimum atomic E-state index is -0.211. The zero-order valence-corrected chi connectivity index (χ0v) is 18.0. The van der Waals surface area contributed by atoms with Gasteiger partial charge in [0, 0.05) is 36.5 Å². The van der Waals surface area contributed by atoms with E-state index in [1.807, 2.05) is 6.92 Å². The van der Waals surface area contributed by atoms with Crippen molar-refractivity contribution in [1.82, 2.24) is 15.0 Å². The maximum atomic E-state index is 9.45. The number of fused-ring (bicyclic) bond motifs is 5. The van der Waals surface area contributed by atoms with Crippen LogP contribution in [0.1, 0.15) is 44.7 Å². The summed E-state index contributed by atoms with van der Waals surface area (Å²) in [5, 5.41) is 13.9. The minimum absolute atomic E-state index is 0.0503. The van der Waals surface area contributed by atoms with Gasteiger partial charge in [-0.15, -0.1) is 11.3 Å². The number of pyridine rings is 1. The number of rotatable bonds is 4. The lowest BCUT2D eigenvalue weighted by atomic mass is 9.90. The second kappa shape index (κ2) is 7.04. The molecular formula is C21H27N5O2S. The fraction of sp³-hybridized carbons (Fsp3) is 0.571. The van der Waals surface area contributed by atoms with Crippen LogP contribution in [-0.4, -0.2) is 51.4 Å².